The van der Waals surface area contributed by atoms with Crippen LogP contribution in [0.2, 0.25) is 0 Å². The van der Waals surface area contributed by atoms with Crippen LogP contribution in [0.15, 0.2) is 4.99 Å². The van der Waals surface area contributed by atoms with E-state index in [9.17, 15) is 9.59 Å². The number of amides is 3. The van der Waals surface area contributed by atoms with Crippen molar-refractivity contribution in [1.82, 2.24) is 5.32 Å². The fourth-order valence-electron chi connectivity index (χ4n) is 0.379. The second-order valence-corrected chi connectivity index (χ2v) is 1.43. The lowest BCUT2D eigenvalue weighted by Gasteiger charge is -2.01. The molecule has 0 bridgehead atoms. The third kappa shape index (κ3) is 0.987. The first kappa shape index (κ1) is 5.61. The Labute approximate surface area is 50.3 Å². The SMILES string of the molecule is N=C1C=NC(=O)NC1=O. The molecule has 5 nitrogen and oxygen atoms in total. The van der Waals surface area contributed by atoms with Crippen LogP contribution in [0.1, 0.15) is 0 Å². The molecule has 2 N–H and O–H groups in total. The monoisotopic (exact) mass is 125 g/mol. The van der Waals surface area contributed by atoms with Gasteiger partial charge in [-0.25, -0.2) is 4.79 Å². The van der Waals surface area contributed by atoms with Gasteiger partial charge in [0.2, 0.25) is 0 Å². The van der Waals surface area contributed by atoms with Gasteiger partial charge in [-0.2, -0.15) is 4.99 Å². The Kier molecular flexibility index (Phi) is 1.11. The molecule has 0 saturated heterocycles. The van der Waals surface area contributed by atoms with Crippen molar-refractivity contribution in [3.8, 4) is 0 Å². The summed E-state index contributed by atoms with van der Waals surface area (Å²) < 4.78 is 0. The van der Waals surface area contributed by atoms with E-state index >= 15 is 0 Å². The van der Waals surface area contributed by atoms with E-state index in [4.69, 9.17) is 5.41 Å². The first-order chi connectivity index (χ1) is 4.20. The minimum Gasteiger partial charge on any atom is -0.294 e. The quantitative estimate of drug-likeness (QED) is 0.450. The topological polar surface area (TPSA) is 82.4 Å². The summed E-state index contributed by atoms with van der Waals surface area (Å²) in [5.41, 5.74) is -0.297. The fourth-order valence-corrected chi connectivity index (χ4v) is 0.379. The van der Waals surface area contributed by atoms with Crippen LogP contribution in [-0.4, -0.2) is 23.9 Å². The van der Waals surface area contributed by atoms with Gasteiger partial charge in [0.15, 0.2) is 0 Å². The summed E-state index contributed by atoms with van der Waals surface area (Å²) in [6.07, 6.45) is 0.918. The number of carbonyl (C=O) groups is 2. The summed E-state index contributed by atoms with van der Waals surface area (Å²) in [4.78, 5) is 23.7. The normalized spacial score (nSPS) is 18.0. The average molecular weight is 125 g/mol. The molecule has 1 aliphatic rings. The molecule has 0 saturated carbocycles. The van der Waals surface area contributed by atoms with E-state index in [1.165, 1.54) is 0 Å². The van der Waals surface area contributed by atoms with E-state index in [1.807, 2.05) is 5.32 Å². The van der Waals surface area contributed by atoms with Gasteiger partial charge in [0.05, 0.1) is 6.21 Å². The largest absolute Gasteiger partial charge is 0.347 e. The van der Waals surface area contributed by atoms with Crippen LogP contribution >= 0.6 is 0 Å². The zero-order chi connectivity index (χ0) is 6.85. The first-order valence-corrected chi connectivity index (χ1v) is 2.18. The Balaban J connectivity index is 2.89. The van der Waals surface area contributed by atoms with Gasteiger partial charge in [-0.1, -0.05) is 0 Å². The molecule has 0 aromatic carbocycles. The van der Waals surface area contributed by atoms with Gasteiger partial charge in [0.25, 0.3) is 5.91 Å². The highest BCUT2D eigenvalue weighted by atomic mass is 16.2. The number of imide groups is 1. The number of nitrogens with zero attached hydrogens (tertiary/aromatic N) is 1. The molecule has 0 unspecified atom stereocenters. The van der Waals surface area contributed by atoms with E-state index in [1.54, 1.807) is 0 Å². The highest BCUT2D eigenvalue weighted by Gasteiger charge is 2.14. The van der Waals surface area contributed by atoms with Crippen LogP contribution in [0.25, 0.3) is 0 Å². The minimum absolute atomic E-state index is 0.297. The number of carbonyl (C=O) groups excluding carboxylic acids is 2. The van der Waals surface area contributed by atoms with Crippen LogP contribution in [0.4, 0.5) is 4.79 Å². The molecular weight excluding hydrogens is 122 g/mol. The molecule has 46 valence electrons. The maximum absolute atomic E-state index is 10.4. The highest BCUT2D eigenvalue weighted by Crippen LogP contribution is 1.82. The minimum atomic E-state index is -0.712. The zero-order valence-electron chi connectivity index (χ0n) is 4.34. The van der Waals surface area contributed by atoms with Crippen molar-refractivity contribution < 1.29 is 9.59 Å². The summed E-state index contributed by atoms with van der Waals surface area (Å²) in [6.45, 7) is 0. The Hall–Kier alpha value is -1.52. The van der Waals surface area contributed by atoms with Crippen LogP contribution in [0.3, 0.4) is 0 Å². The maximum Gasteiger partial charge on any atom is 0.347 e. The molecule has 0 spiro atoms. The Morgan fingerprint density at radius 1 is 1.56 bits per heavy atom. The number of rotatable bonds is 0. The molecule has 0 fully saturated rings. The highest BCUT2D eigenvalue weighted by molar-refractivity contribution is 6.62. The van der Waals surface area contributed by atoms with Gasteiger partial charge in [0.1, 0.15) is 5.71 Å². The lowest BCUT2D eigenvalue weighted by molar-refractivity contribution is -0.113. The molecule has 0 aromatic rings. The zero-order valence-corrected chi connectivity index (χ0v) is 4.34. The molecule has 3 amide bonds. The summed E-state index contributed by atoms with van der Waals surface area (Å²) >= 11 is 0. The molecular formula is C4H3N3O2. The van der Waals surface area contributed by atoms with Gasteiger partial charge >= 0.3 is 6.03 Å². The van der Waals surface area contributed by atoms with Gasteiger partial charge in [0, 0.05) is 0 Å². The first-order valence-electron chi connectivity index (χ1n) is 2.18. The van der Waals surface area contributed by atoms with Crippen molar-refractivity contribution in [1.29, 1.82) is 5.41 Å². The van der Waals surface area contributed by atoms with Crippen molar-refractivity contribution in [2.24, 2.45) is 4.99 Å². The number of hydrogen-bond acceptors (Lipinski definition) is 3. The third-order valence-electron chi connectivity index (χ3n) is 0.776. The van der Waals surface area contributed by atoms with Gasteiger partial charge < -0.3 is 0 Å². The summed E-state index contributed by atoms with van der Waals surface area (Å²) in [7, 11) is 0. The smallest absolute Gasteiger partial charge is 0.294 e. The third-order valence-corrected chi connectivity index (χ3v) is 0.776. The molecule has 1 heterocycles. The molecule has 0 atom stereocenters. The number of hydrogen-bond donors (Lipinski definition) is 2. The molecule has 5 heteroatoms. The van der Waals surface area contributed by atoms with E-state index in [0.717, 1.165) is 6.21 Å². The summed E-state index contributed by atoms with van der Waals surface area (Å²) in [6, 6.07) is -0.712. The summed E-state index contributed by atoms with van der Waals surface area (Å²) in [5, 5.41) is 8.60. The predicted molar refractivity (Wildman–Crippen MR) is 29.8 cm³/mol. The van der Waals surface area contributed by atoms with E-state index in [-0.39, 0.29) is 5.71 Å². The standard InChI is InChI=1S/C4H3N3O2/c5-2-1-6-4(9)7-3(2)8/h1,5H,(H,7,8,9). The lowest BCUT2D eigenvalue weighted by Crippen LogP contribution is -2.38. The van der Waals surface area contributed by atoms with Crippen LogP contribution in [-0.2, 0) is 4.79 Å². The van der Waals surface area contributed by atoms with Crippen LogP contribution in [0, 0.1) is 5.41 Å². The number of nitrogens with one attached hydrogen (secondary N) is 2. The molecule has 9 heavy (non-hydrogen) atoms. The van der Waals surface area contributed by atoms with E-state index in [2.05, 4.69) is 4.99 Å². The van der Waals surface area contributed by atoms with Crippen molar-refractivity contribution in [2.75, 3.05) is 0 Å². The molecule has 0 aliphatic carbocycles. The molecule has 1 aliphatic heterocycles. The predicted octanol–water partition coefficient (Wildman–Crippen LogP) is -0.673. The van der Waals surface area contributed by atoms with Gasteiger partial charge in [-0.05, 0) is 0 Å². The number of urea groups is 1. The van der Waals surface area contributed by atoms with Gasteiger partial charge in [-0.3, -0.25) is 15.5 Å². The van der Waals surface area contributed by atoms with E-state index < -0.39 is 11.9 Å². The second-order valence-electron chi connectivity index (χ2n) is 1.43. The Morgan fingerprint density at radius 2 is 2.22 bits per heavy atom. The van der Waals surface area contributed by atoms with Crippen molar-refractivity contribution in [2.45, 2.75) is 0 Å². The Morgan fingerprint density at radius 3 is 2.67 bits per heavy atom. The molecule has 0 radical (unpaired) electrons. The lowest BCUT2D eigenvalue weighted by atomic mass is 10.3. The fraction of sp³-hybridized carbons (Fsp3) is 0. The number of aliphatic imine (C=N–C) groups is 1. The maximum atomic E-state index is 10.4. The second kappa shape index (κ2) is 1.77. The average Bonchev–Trinajstić information content (AvgIpc) is 1.80. The van der Waals surface area contributed by atoms with Crippen molar-refractivity contribution >= 4 is 23.9 Å². The van der Waals surface area contributed by atoms with E-state index in [0.29, 0.717) is 0 Å². The van der Waals surface area contributed by atoms with Gasteiger partial charge in [-0.15, -0.1) is 0 Å². The molecule has 1 rings (SSSR count). The molecule has 0 aromatic heterocycles. The Bertz CT molecular complexity index is 218. The summed E-state index contributed by atoms with van der Waals surface area (Å²) in [5.74, 6) is -0.699. The van der Waals surface area contributed by atoms with Crippen molar-refractivity contribution in [3.63, 3.8) is 0 Å². The van der Waals surface area contributed by atoms with Crippen LogP contribution < -0.4 is 5.32 Å². The van der Waals surface area contributed by atoms with Crippen molar-refractivity contribution in [3.05, 3.63) is 0 Å². The van der Waals surface area contributed by atoms with Crippen LogP contribution in [0.5, 0.6) is 0 Å².